The second-order valence-corrected chi connectivity index (χ2v) is 10.2. The summed E-state index contributed by atoms with van der Waals surface area (Å²) in [6.07, 6.45) is 2.26. The summed E-state index contributed by atoms with van der Waals surface area (Å²) in [7, 11) is 0. The number of aromatic nitrogens is 5. The van der Waals surface area contributed by atoms with Crippen LogP contribution in [-0.4, -0.2) is 68.4 Å². The molecule has 0 atom stereocenters. The summed E-state index contributed by atoms with van der Waals surface area (Å²) in [5, 5.41) is 4.38. The molecule has 1 aliphatic heterocycles. The summed E-state index contributed by atoms with van der Waals surface area (Å²) >= 11 is 1.05. The SMILES string of the molecule is CCCOc1cc(N2CCN(CCn3c(=O)sc4c3nc(N)n3nc(-c5ccco5)nc43)CC2)c(F)cc1F. The van der Waals surface area contributed by atoms with Gasteiger partial charge in [-0.25, -0.2) is 13.8 Å². The van der Waals surface area contributed by atoms with Crippen LogP contribution < -0.4 is 20.2 Å². The van der Waals surface area contributed by atoms with Crippen molar-refractivity contribution in [2.45, 2.75) is 19.9 Å². The topological polar surface area (TPSA) is 120 Å². The average Bonchev–Trinajstić information content (AvgIpc) is 3.67. The number of anilines is 2. The number of fused-ring (bicyclic) bond motifs is 3. The molecule has 0 aliphatic carbocycles. The number of halogens is 2. The van der Waals surface area contributed by atoms with Crippen molar-refractivity contribution in [2.75, 3.05) is 50.0 Å². The summed E-state index contributed by atoms with van der Waals surface area (Å²) in [6.45, 7) is 5.68. The molecule has 0 bridgehead atoms. The Labute approximate surface area is 225 Å². The van der Waals surface area contributed by atoms with E-state index in [1.54, 1.807) is 16.7 Å². The van der Waals surface area contributed by atoms with Gasteiger partial charge in [0, 0.05) is 51.4 Å². The van der Waals surface area contributed by atoms with E-state index in [-0.39, 0.29) is 16.6 Å². The zero-order valence-corrected chi connectivity index (χ0v) is 22.0. The van der Waals surface area contributed by atoms with Gasteiger partial charge in [0.2, 0.25) is 11.8 Å². The van der Waals surface area contributed by atoms with E-state index in [1.165, 1.54) is 16.8 Å². The standard InChI is InChI=1S/C25H26F2N8O3S/c1-2-11-37-19-14-17(15(26)13-16(19)27)33-8-5-32(6-9-33)7-10-34-22-20(39-25(34)36)23-29-21(18-4-3-12-38-18)31-35(23)24(28)30-22/h3-4,12-14H,2,5-11H2,1H3,(H2,28,30). The van der Waals surface area contributed by atoms with Gasteiger partial charge in [-0.15, -0.1) is 5.10 Å². The summed E-state index contributed by atoms with van der Waals surface area (Å²) in [5.41, 5.74) is 7.40. The Morgan fingerprint density at radius 2 is 1.92 bits per heavy atom. The van der Waals surface area contributed by atoms with Crippen LogP contribution in [0, 0.1) is 11.6 Å². The number of rotatable bonds is 8. The van der Waals surface area contributed by atoms with E-state index in [1.807, 2.05) is 11.8 Å². The van der Waals surface area contributed by atoms with Crippen LogP contribution in [0.25, 0.3) is 27.6 Å². The van der Waals surface area contributed by atoms with Crippen LogP contribution in [0.3, 0.4) is 0 Å². The fraction of sp³-hybridized carbons (Fsp3) is 0.360. The predicted molar refractivity (Wildman–Crippen MR) is 143 cm³/mol. The van der Waals surface area contributed by atoms with Crippen LogP contribution >= 0.6 is 11.3 Å². The molecule has 6 rings (SSSR count). The number of hydrogen-bond acceptors (Lipinski definition) is 10. The molecule has 0 saturated carbocycles. The maximum atomic E-state index is 14.6. The number of benzene rings is 1. The van der Waals surface area contributed by atoms with Crippen molar-refractivity contribution in [1.29, 1.82) is 0 Å². The molecular formula is C25H26F2N8O3S. The quantitative estimate of drug-likeness (QED) is 0.307. The monoisotopic (exact) mass is 556 g/mol. The van der Waals surface area contributed by atoms with Crippen LogP contribution in [0.4, 0.5) is 20.4 Å². The zero-order valence-electron chi connectivity index (χ0n) is 21.1. The molecule has 4 aromatic heterocycles. The lowest BCUT2D eigenvalue weighted by Gasteiger charge is -2.36. The number of hydrogen-bond donors (Lipinski definition) is 1. The highest BCUT2D eigenvalue weighted by Gasteiger charge is 2.23. The van der Waals surface area contributed by atoms with E-state index in [2.05, 4.69) is 20.0 Å². The minimum atomic E-state index is -0.702. The van der Waals surface area contributed by atoms with E-state index in [4.69, 9.17) is 14.9 Å². The van der Waals surface area contributed by atoms with Gasteiger partial charge in [0.25, 0.3) is 0 Å². The molecule has 0 spiro atoms. The first kappa shape index (κ1) is 25.2. The fourth-order valence-electron chi connectivity index (χ4n) is 4.67. The van der Waals surface area contributed by atoms with Crippen LogP contribution in [0.5, 0.6) is 5.75 Å². The first-order valence-electron chi connectivity index (χ1n) is 12.6. The van der Waals surface area contributed by atoms with Gasteiger partial charge in [0.15, 0.2) is 28.6 Å². The summed E-state index contributed by atoms with van der Waals surface area (Å²) in [4.78, 5) is 25.8. The summed E-state index contributed by atoms with van der Waals surface area (Å²) in [6, 6.07) is 5.80. The first-order chi connectivity index (χ1) is 18.9. The number of nitrogens with two attached hydrogens (primary N) is 1. The van der Waals surface area contributed by atoms with E-state index in [0.717, 1.165) is 23.8 Å². The number of piperazine rings is 1. The van der Waals surface area contributed by atoms with E-state index < -0.39 is 11.6 Å². The molecule has 5 aromatic rings. The van der Waals surface area contributed by atoms with Crippen molar-refractivity contribution in [3.05, 3.63) is 51.8 Å². The highest BCUT2D eigenvalue weighted by atomic mass is 32.1. The number of nitrogen functional groups attached to an aromatic ring is 1. The molecule has 1 aromatic carbocycles. The lowest BCUT2D eigenvalue weighted by molar-refractivity contribution is 0.247. The molecule has 0 radical (unpaired) electrons. The smallest absolute Gasteiger partial charge is 0.309 e. The second kappa shape index (κ2) is 10.3. The number of ether oxygens (including phenoxy) is 1. The van der Waals surface area contributed by atoms with Crippen LogP contribution in [0.2, 0.25) is 0 Å². The molecule has 11 nitrogen and oxygen atoms in total. The largest absolute Gasteiger partial charge is 0.490 e. The van der Waals surface area contributed by atoms with Gasteiger partial charge < -0.3 is 19.8 Å². The Morgan fingerprint density at radius 3 is 2.67 bits per heavy atom. The highest BCUT2D eigenvalue weighted by Crippen LogP contribution is 2.29. The molecule has 0 amide bonds. The van der Waals surface area contributed by atoms with Gasteiger partial charge in [-0.05, 0) is 18.6 Å². The molecule has 39 heavy (non-hydrogen) atoms. The van der Waals surface area contributed by atoms with Gasteiger partial charge in [0.1, 0.15) is 10.5 Å². The van der Waals surface area contributed by atoms with Gasteiger partial charge >= 0.3 is 4.87 Å². The number of furan rings is 1. The number of nitrogens with zero attached hydrogens (tertiary/aromatic N) is 7. The van der Waals surface area contributed by atoms with Crippen molar-refractivity contribution in [1.82, 2.24) is 29.0 Å². The van der Waals surface area contributed by atoms with Crippen LogP contribution in [0.1, 0.15) is 13.3 Å². The highest BCUT2D eigenvalue weighted by molar-refractivity contribution is 7.17. The van der Waals surface area contributed by atoms with Crippen molar-refractivity contribution in [2.24, 2.45) is 0 Å². The summed E-state index contributed by atoms with van der Waals surface area (Å²) in [5.74, 6) is -0.294. The lowest BCUT2D eigenvalue weighted by Crippen LogP contribution is -2.47. The first-order valence-corrected chi connectivity index (χ1v) is 13.4. The van der Waals surface area contributed by atoms with Gasteiger partial charge in [-0.3, -0.25) is 14.3 Å². The summed E-state index contributed by atoms with van der Waals surface area (Å²) < 4.78 is 43.1. The molecular weight excluding hydrogens is 530 g/mol. The minimum absolute atomic E-state index is 0.0595. The third-order valence-corrected chi connectivity index (χ3v) is 7.64. The van der Waals surface area contributed by atoms with Gasteiger partial charge in [-0.1, -0.05) is 18.3 Å². The van der Waals surface area contributed by atoms with E-state index in [0.29, 0.717) is 79.1 Å². The van der Waals surface area contributed by atoms with E-state index >= 15 is 0 Å². The lowest BCUT2D eigenvalue weighted by atomic mass is 10.2. The minimum Gasteiger partial charge on any atom is -0.490 e. The van der Waals surface area contributed by atoms with Crippen molar-refractivity contribution >= 4 is 39.0 Å². The van der Waals surface area contributed by atoms with Crippen molar-refractivity contribution < 1.29 is 17.9 Å². The predicted octanol–water partition coefficient (Wildman–Crippen LogP) is 3.23. The van der Waals surface area contributed by atoms with Gasteiger partial charge in [-0.2, -0.15) is 9.50 Å². The Balaban J connectivity index is 1.17. The van der Waals surface area contributed by atoms with Gasteiger partial charge in [0.05, 0.1) is 18.6 Å². The molecule has 0 unspecified atom stereocenters. The molecule has 204 valence electrons. The fourth-order valence-corrected chi connectivity index (χ4v) is 5.61. The van der Waals surface area contributed by atoms with Crippen LogP contribution in [0.15, 0.2) is 39.7 Å². The number of thiazole rings is 1. The normalized spacial score (nSPS) is 14.6. The Kier molecular flexibility index (Phi) is 6.64. The van der Waals surface area contributed by atoms with Crippen molar-refractivity contribution in [3.8, 4) is 17.3 Å². The molecule has 1 saturated heterocycles. The molecule has 1 aliphatic rings. The average molecular weight is 557 g/mol. The van der Waals surface area contributed by atoms with E-state index in [9.17, 15) is 13.6 Å². The Bertz CT molecular complexity index is 1690. The maximum Gasteiger partial charge on any atom is 0.309 e. The van der Waals surface area contributed by atoms with Crippen LogP contribution in [-0.2, 0) is 6.54 Å². The molecule has 14 heteroatoms. The third-order valence-electron chi connectivity index (χ3n) is 6.67. The zero-order chi connectivity index (χ0) is 27.1. The molecule has 5 heterocycles. The molecule has 2 N–H and O–H groups in total. The second-order valence-electron chi connectivity index (χ2n) is 9.20. The maximum absolute atomic E-state index is 14.6. The molecule has 1 fully saturated rings. The Hall–Kier alpha value is -4.04. The Morgan fingerprint density at radius 1 is 1.10 bits per heavy atom. The van der Waals surface area contributed by atoms with Crippen molar-refractivity contribution in [3.63, 3.8) is 0 Å². The third kappa shape index (κ3) is 4.69.